The van der Waals surface area contributed by atoms with Gasteiger partial charge in [-0.1, -0.05) is 30.3 Å². The van der Waals surface area contributed by atoms with E-state index in [1.54, 1.807) is 0 Å². The van der Waals surface area contributed by atoms with Crippen molar-refractivity contribution in [3.05, 3.63) is 58.7 Å². The predicted octanol–water partition coefficient (Wildman–Crippen LogP) is -7.52. The van der Waals surface area contributed by atoms with Gasteiger partial charge in [0.1, 0.15) is 26.3 Å². The molecule has 4 atom stereocenters. The van der Waals surface area contributed by atoms with E-state index in [-0.39, 0.29) is 64.7 Å². The molecule has 1 aromatic rings. The maximum atomic E-state index is 13.1. The Bertz CT molecular complexity index is 1330. The van der Waals surface area contributed by atoms with Gasteiger partial charge in [0.05, 0.1) is 5.57 Å². The molecule has 0 radical (unpaired) electrons. The van der Waals surface area contributed by atoms with Gasteiger partial charge >= 0.3 is 59.1 Å². The Morgan fingerprint density at radius 3 is 1.94 bits per heavy atom. The Labute approximate surface area is 226 Å². The molecule has 0 spiro atoms. The molecule has 1 heterocycles. The third-order valence-corrected chi connectivity index (χ3v) is 8.12. The second-order valence-corrected chi connectivity index (χ2v) is 9.92. The van der Waals surface area contributed by atoms with Crippen LogP contribution in [0.2, 0.25) is 0 Å². The average Bonchev–Trinajstić information content (AvgIpc) is 2.67. The molecule has 0 saturated carbocycles. The van der Waals surface area contributed by atoms with Gasteiger partial charge in [0, 0.05) is 28.8 Å². The molecule has 0 saturated heterocycles. The third-order valence-electron chi connectivity index (χ3n) is 5.45. The largest absolute Gasteiger partial charge is 1.00 e. The summed E-state index contributed by atoms with van der Waals surface area (Å²) in [6.07, 6.45) is 3.21. The van der Waals surface area contributed by atoms with Crippen molar-refractivity contribution >= 4 is 38.0 Å². The van der Waals surface area contributed by atoms with E-state index in [0.29, 0.717) is 0 Å². The molecule has 0 fully saturated rings. The molecule has 11 nitrogen and oxygen atoms in total. The van der Waals surface area contributed by atoms with Gasteiger partial charge in [0.2, 0.25) is 9.87 Å². The predicted molar refractivity (Wildman–Crippen MR) is 96.3 cm³/mol. The van der Waals surface area contributed by atoms with Crippen LogP contribution < -0.4 is 59.1 Å². The number of hydrogen-bond donors (Lipinski definition) is 2. The van der Waals surface area contributed by atoms with Crippen LogP contribution in [0.4, 0.5) is 0 Å². The van der Waals surface area contributed by atoms with Gasteiger partial charge < -0.3 is 19.3 Å². The maximum absolute atomic E-state index is 13.1. The quantitative estimate of drug-likeness (QED) is 0.291. The molecule has 4 unspecified atom stereocenters. The second kappa shape index (κ2) is 8.59. The van der Waals surface area contributed by atoms with Crippen LogP contribution in [-0.4, -0.2) is 69.8 Å². The summed E-state index contributed by atoms with van der Waals surface area (Å²) >= 11 is 0. The summed E-state index contributed by atoms with van der Waals surface area (Å²) in [5.74, 6) is -3.94. The minimum atomic E-state index is -6.35. The van der Waals surface area contributed by atoms with Crippen molar-refractivity contribution in [3.63, 3.8) is 0 Å². The molecule has 4 rings (SSSR count). The van der Waals surface area contributed by atoms with Crippen LogP contribution in [0.3, 0.4) is 0 Å². The molecule has 3 aliphatic rings. The fourth-order valence-electron chi connectivity index (χ4n) is 4.16. The van der Waals surface area contributed by atoms with E-state index in [1.807, 2.05) is 0 Å². The Morgan fingerprint density at radius 2 is 1.44 bits per heavy atom. The number of Topliss-reactive ketones (excluding diaryl/α,β-unsaturated/α-hetero) is 2. The number of aliphatic imine (C=N–C) groups is 1. The van der Waals surface area contributed by atoms with Crippen molar-refractivity contribution in [2.45, 2.75) is 15.9 Å². The van der Waals surface area contributed by atoms with Crippen LogP contribution in [0, 0.1) is 5.92 Å². The molecule has 1 aliphatic heterocycles. The first-order valence-electron chi connectivity index (χ1n) is 8.27. The van der Waals surface area contributed by atoms with E-state index >= 15 is 0 Å². The van der Waals surface area contributed by atoms with Gasteiger partial charge in [-0.25, -0.2) is 16.8 Å². The van der Waals surface area contributed by atoms with E-state index < -0.39 is 70.3 Å². The van der Waals surface area contributed by atoms with Crippen molar-refractivity contribution in [2.24, 2.45) is 10.9 Å². The zero-order valence-electron chi connectivity index (χ0n) is 16.6. The molecule has 158 valence electrons. The Morgan fingerprint density at radius 1 is 0.906 bits per heavy atom. The first-order valence-corrected chi connectivity index (χ1v) is 11.1. The Hall–Kier alpha value is -0.550. The summed E-state index contributed by atoms with van der Waals surface area (Å²) in [5.41, 5.74) is -2.82. The zero-order valence-corrected chi connectivity index (χ0v) is 22.3. The van der Waals surface area contributed by atoms with Gasteiger partial charge in [-0.2, -0.15) is 0 Å². The van der Waals surface area contributed by atoms with Crippen LogP contribution >= 0.6 is 0 Å². The minimum Gasteiger partial charge on any atom is -0.746 e. The number of hydrogen-bond acceptors (Lipinski definition) is 11. The van der Waals surface area contributed by atoms with Crippen LogP contribution in [0.1, 0.15) is 20.7 Å². The minimum absolute atomic E-state index is 0. The summed E-state index contributed by atoms with van der Waals surface area (Å²) < 4.78 is 72.5. The number of fused-ring (bicyclic) bond motifs is 3. The number of ketones is 2. The van der Waals surface area contributed by atoms with Crippen LogP contribution in [-0.2, 0) is 20.2 Å². The van der Waals surface area contributed by atoms with Crippen molar-refractivity contribution in [1.82, 2.24) is 0 Å². The number of nitrogens with zero attached hydrogens (tertiary/aromatic N) is 1. The molecule has 0 bridgehead atoms. The van der Waals surface area contributed by atoms with E-state index in [2.05, 4.69) is 4.99 Å². The molecular weight excluding hydrogens is 488 g/mol. The molecule has 2 N–H and O–H groups in total. The number of benzene rings is 1. The first-order chi connectivity index (χ1) is 13.8. The van der Waals surface area contributed by atoms with E-state index in [0.717, 1.165) is 18.4 Å². The standard InChI is InChI=1S/C17H13NO10S2.2Na/c19-13-8-4-1-2-5-9(8)14(20)12-11(13)10-6-3-7-18-15(10)17(22,30(26,27)28)16(12,21)29(23,24)25;;/h1-7,10,15,21-22H,(H,23,24,25)(H,26,27,28);;/q;2*+1/p-2. The molecule has 2 aliphatic carbocycles. The number of allylic oxidation sites excluding steroid dienone is 1. The molecule has 32 heavy (non-hydrogen) atoms. The SMILES string of the molecule is O=C1C2=C(C(=O)c3ccccc31)C(O)(S(=O)(=O)[O-])C(O)(S(=O)(=O)[O-])C1N=CC=CC21.[Na+].[Na+]. The van der Waals surface area contributed by atoms with Crippen molar-refractivity contribution in [2.75, 3.05) is 0 Å². The Balaban J connectivity index is 0.00000181. The molecular formula is C17H11NNa2O10S2. The third kappa shape index (κ3) is 3.34. The Kier molecular flexibility index (Phi) is 7.43. The number of carbonyl (C=O) groups excluding carboxylic acids is 2. The normalized spacial score (nSPS) is 31.1. The van der Waals surface area contributed by atoms with Crippen molar-refractivity contribution in [1.29, 1.82) is 0 Å². The smallest absolute Gasteiger partial charge is 0.746 e. The molecule has 0 aromatic heterocycles. The average molecular weight is 499 g/mol. The van der Waals surface area contributed by atoms with Gasteiger partial charge in [-0.3, -0.25) is 14.6 Å². The van der Waals surface area contributed by atoms with E-state index in [9.17, 15) is 45.7 Å². The van der Waals surface area contributed by atoms with Crippen LogP contribution in [0.25, 0.3) is 0 Å². The number of carbonyl (C=O) groups is 2. The second-order valence-electron chi connectivity index (χ2n) is 6.89. The fraction of sp³-hybridized carbons (Fsp3) is 0.235. The number of aliphatic hydroxyl groups is 2. The van der Waals surface area contributed by atoms with Gasteiger partial charge in [-0.15, -0.1) is 0 Å². The monoisotopic (exact) mass is 499 g/mol. The van der Waals surface area contributed by atoms with E-state index in [4.69, 9.17) is 0 Å². The summed E-state index contributed by atoms with van der Waals surface area (Å²) in [7, 11) is -12.6. The van der Waals surface area contributed by atoms with Crippen LogP contribution in [0.15, 0.2) is 52.6 Å². The van der Waals surface area contributed by atoms with Crippen molar-refractivity contribution in [3.8, 4) is 0 Å². The summed E-state index contributed by atoms with van der Waals surface area (Å²) in [5, 5.41) is 21.8. The zero-order chi connectivity index (χ0) is 22.3. The van der Waals surface area contributed by atoms with Crippen molar-refractivity contribution < 1.29 is 105 Å². The van der Waals surface area contributed by atoms with Crippen LogP contribution in [0.5, 0.6) is 0 Å². The topological polar surface area (TPSA) is 201 Å². The molecule has 1 aromatic carbocycles. The number of rotatable bonds is 2. The molecule has 15 heteroatoms. The fourth-order valence-corrected chi connectivity index (χ4v) is 6.65. The first kappa shape index (κ1) is 27.7. The van der Waals surface area contributed by atoms with Gasteiger partial charge in [-0.05, 0) is 6.08 Å². The summed E-state index contributed by atoms with van der Waals surface area (Å²) in [4.78, 5) is 21.0. The number of dihydropyridines is 1. The van der Waals surface area contributed by atoms with Gasteiger partial charge in [0.15, 0.2) is 11.6 Å². The summed E-state index contributed by atoms with van der Waals surface area (Å²) in [6, 6.07) is 2.75. The van der Waals surface area contributed by atoms with E-state index in [1.165, 1.54) is 24.3 Å². The van der Waals surface area contributed by atoms with Gasteiger partial charge in [0.25, 0.3) is 0 Å². The maximum Gasteiger partial charge on any atom is 1.00 e. The molecule has 0 amide bonds. The summed E-state index contributed by atoms with van der Waals surface area (Å²) in [6.45, 7) is 0.